The first-order valence-corrected chi connectivity index (χ1v) is 9.71. The Kier molecular flexibility index (Phi) is 6.32. The Labute approximate surface area is 151 Å². The number of carbonyl (C=O) groups is 1. The van der Waals surface area contributed by atoms with Crippen molar-refractivity contribution in [2.45, 2.75) is 44.7 Å². The van der Waals surface area contributed by atoms with E-state index in [1.807, 2.05) is 4.90 Å². The zero-order valence-corrected chi connectivity index (χ0v) is 15.4. The molecule has 2 N–H and O–H groups in total. The van der Waals surface area contributed by atoms with Crippen LogP contribution in [0.3, 0.4) is 0 Å². The molecular weight excluding hydrogens is 312 g/mol. The van der Waals surface area contributed by atoms with Crippen molar-refractivity contribution in [3.05, 3.63) is 30.3 Å². The highest BCUT2D eigenvalue weighted by atomic mass is 16.2. The molecule has 2 aliphatic heterocycles. The van der Waals surface area contributed by atoms with Gasteiger partial charge in [-0.1, -0.05) is 18.2 Å². The van der Waals surface area contributed by atoms with Crippen LogP contribution in [0.25, 0.3) is 0 Å². The van der Waals surface area contributed by atoms with Crippen molar-refractivity contribution >= 4 is 11.6 Å². The van der Waals surface area contributed by atoms with Crippen molar-refractivity contribution in [1.82, 2.24) is 9.80 Å². The van der Waals surface area contributed by atoms with Gasteiger partial charge in [-0.2, -0.15) is 0 Å². The summed E-state index contributed by atoms with van der Waals surface area (Å²) in [5.74, 6) is 0.308. The van der Waals surface area contributed by atoms with Gasteiger partial charge in [-0.25, -0.2) is 0 Å². The van der Waals surface area contributed by atoms with Gasteiger partial charge in [-0.15, -0.1) is 0 Å². The summed E-state index contributed by atoms with van der Waals surface area (Å²) < 4.78 is 0. The highest BCUT2D eigenvalue weighted by Crippen LogP contribution is 2.18. The highest BCUT2D eigenvalue weighted by molar-refractivity contribution is 5.76. The zero-order chi connectivity index (χ0) is 17.6. The molecule has 3 rings (SSSR count). The van der Waals surface area contributed by atoms with Crippen LogP contribution in [0.1, 0.15) is 32.6 Å². The minimum atomic E-state index is 0.264. The second-order valence-electron chi connectivity index (χ2n) is 7.49. The topological polar surface area (TPSA) is 52.8 Å². The van der Waals surface area contributed by atoms with Crippen molar-refractivity contribution in [3.8, 4) is 0 Å². The summed E-state index contributed by atoms with van der Waals surface area (Å²) >= 11 is 0. The second kappa shape index (κ2) is 8.68. The number of amides is 1. The van der Waals surface area contributed by atoms with E-state index in [0.29, 0.717) is 18.4 Å². The SMILES string of the molecule is C[C@H]1C[C@@H](N)CCN1C(=O)CCCN1CCN(c2ccccc2)CC1. The van der Waals surface area contributed by atoms with Gasteiger partial charge in [-0.05, 0) is 44.9 Å². The number of carbonyl (C=O) groups excluding carboxylic acids is 1. The first kappa shape index (κ1) is 18.2. The third-order valence-corrected chi connectivity index (χ3v) is 5.60. The van der Waals surface area contributed by atoms with E-state index in [2.05, 4.69) is 47.1 Å². The van der Waals surface area contributed by atoms with E-state index < -0.39 is 0 Å². The molecule has 1 aromatic rings. The number of anilines is 1. The molecule has 1 amide bonds. The quantitative estimate of drug-likeness (QED) is 0.887. The van der Waals surface area contributed by atoms with Crippen LogP contribution < -0.4 is 10.6 Å². The Morgan fingerprint density at radius 2 is 1.84 bits per heavy atom. The number of hydrogen-bond acceptors (Lipinski definition) is 4. The maximum absolute atomic E-state index is 12.5. The molecule has 0 aromatic heterocycles. The summed E-state index contributed by atoms with van der Waals surface area (Å²) in [5.41, 5.74) is 7.30. The number of nitrogens with zero attached hydrogens (tertiary/aromatic N) is 3. The Hall–Kier alpha value is -1.59. The lowest BCUT2D eigenvalue weighted by Gasteiger charge is -2.37. The fourth-order valence-electron chi connectivity index (χ4n) is 4.05. The van der Waals surface area contributed by atoms with Crippen molar-refractivity contribution in [2.24, 2.45) is 5.73 Å². The van der Waals surface area contributed by atoms with Crippen molar-refractivity contribution in [3.63, 3.8) is 0 Å². The maximum atomic E-state index is 12.5. The number of hydrogen-bond donors (Lipinski definition) is 1. The fourth-order valence-corrected chi connectivity index (χ4v) is 4.05. The molecule has 0 saturated carbocycles. The van der Waals surface area contributed by atoms with Gasteiger partial charge < -0.3 is 15.5 Å². The van der Waals surface area contributed by atoms with E-state index >= 15 is 0 Å². The number of piperazine rings is 1. The minimum absolute atomic E-state index is 0.264. The van der Waals surface area contributed by atoms with Gasteiger partial charge in [0, 0.05) is 56.9 Å². The van der Waals surface area contributed by atoms with Gasteiger partial charge >= 0.3 is 0 Å². The monoisotopic (exact) mass is 344 g/mol. The van der Waals surface area contributed by atoms with E-state index in [-0.39, 0.29) is 6.04 Å². The fraction of sp³-hybridized carbons (Fsp3) is 0.650. The molecule has 2 aliphatic rings. The first-order valence-electron chi connectivity index (χ1n) is 9.71. The molecule has 2 fully saturated rings. The van der Waals surface area contributed by atoms with Crippen LogP contribution in [-0.2, 0) is 4.79 Å². The van der Waals surface area contributed by atoms with Gasteiger partial charge in [0.2, 0.25) is 5.91 Å². The minimum Gasteiger partial charge on any atom is -0.369 e. The van der Waals surface area contributed by atoms with Crippen LogP contribution in [-0.4, -0.2) is 67.1 Å². The van der Waals surface area contributed by atoms with Crippen LogP contribution in [0.15, 0.2) is 30.3 Å². The predicted octanol–water partition coefficient (Wildman–Crippen LogP) is 1.93. The summed E-state index contributed by atoms with van der Waals surface area (Å²) in [6, 6.07) is 11.2. The Morgan fingerprint density at radius 3 is 2.52 bits per heavy atom. The molecule has 0 aliphatic carbocycles. The second-order valence-corrected chi connectivity index (χ2v) is 7.49. The van der Waals surface area contributed by atoms with Gasteiger partial charge in [0.1, 0.15) is 0 Å². The Balaban J connectivity index is 1.35. The van der Waals surface area contributed by atoms with E-state index in [0.717, 1.165) is 58.5 Å². The third-order valence-electron chi connectivity index (χ3n) is 5.60. The molecule has 0 unspecified atom stereocenters. The summed E-state index contributed by atoms with van der Waals surface area (Å²) in [6.45, 7) is 8.28. The largest absolute Gasteiger partial charge is 0.369 e. The maximum Gasteiger partial charge on any atom is 0.222 e. The van der Waals surface area contributed by atoms with Crippen molar-refractivity contribution < 1.29 is 4.79 Å². The lowest BCUT2D eigenvalue weighted by Crippen LogP contribution is -2.49. The molecule has 2 saturated heterocycles. The van der Waals surface area contributed by atoms with Gasteiger partial charge in [0.15, 0.2) is 0 Å². The number of piperidine rings is 1. The molecule has 2 atom stereocenters. The highest BCUT2D eigenvalue weighted by Gasteiger charge is 2.26. The Morgan fingerprint density at radius 1 is 1.12 bits per heavy atom. The molecule has 5 heteroatoms. The molecular formula is C20H32N4O. The van der Waals surface area contributed by atoms with Crippen LogP contribution in [0.4, 0.5) is 5.69 Å². The predicted molar refractivity (Wildman–Crippen MR) is 103 cm³/mol. The molecule has 1 aromatic carbocycles. The molecule has 0 bridgehead atoms. The molecule has 0 radical (unpaired) electrons. The van der Waals surface area contributed by atoms with E-state index in [1.54, 1.807) is 0 Å². The first-order chi connectivity index (χ1) is 12.1. The smallest absolute Gasteiger partial charge is 0.222 e. The summed E-state index contributed by atoms with van der Waals surface area (Å²) in [7, 11) is 0. The van der Waals surface area contributed by atoms with Crippen LogP contribution >= 0.6 is 0 Å². The molecule has 0 spiro atoms. The average Bonchev–Trinajstić information content (AvgIpc) is 2.63. The van der Waals surface area contributed by atoms with E-state index in [1.165, 1.54) is 5.69 Å². The van der Waals surface area contributed by atoms with Gasteiger partial charge in [0.05, 0.1) is 0 Å². The van der Waals surface area contributed by atoms with Gasteiger partial charge in [0.25, 0.3) is 0 Å². The molecule has 2 heterocycles. The zero-order valence-electron chi connectivity index (χ0n) is 15.4. The number of rotatable bonds is 5. The molecule has 138 valence electrons. The molecule has 25 heavy (non-hydrogen) atoms. The van der Waals surface area contributed by atoms with E-state index in [9.17, 15) is 4.79 Å². The summed E-state index contributed by atoms with van der Waals surface area (Å²) in [4.78, 5) is 19.4. The van der Waals surface area contributed by atoms with Crippen LogP contribution in [0.2, 0.25) is 0 Å². The average molecular weight is 345 g/mol. The van der Waals surface area contributed by atoms with Crippen molar-refractivity contribution in [1.29, 1.82) is 0 Å². The summed E-state index contributed by atoms with van der Waals surface area (Å²) in [6.07, 6.45) is 3.50. The third kappa shape index (κ3) is 4.95. The number of benzene rings is 1. The number of likely N-dealkylation sites (tertiary alicyclic amines) is 1. The number of para-hydroxylation sites is 1. The van der Waals surface area contributed by atoms with Crippen molar-refractivity contribution in [2.75, 3.05) is 44.2 Å². The lowest BCUT2D eigenvalue weighted by molar-refractivity contribution is -0.134. The lowest BCUT2D eigenvalue weighted by atomic mass is 9.98. The summed E-state index contributed by atoms with van der Waals surface area (Å²) in [5, 5.41) is 0. The number of nitrogens with two attached hydrogens (primary N) is 1. The Bertz CT molecular complexity index is 542. The van der Waals surface area contributed by atoms with Crippen LogP contribution in [0, 0.1) is 0 Å². The van der Waals surface area contributed by atoms with Crippen LogP contribution in [0.5, 0.6) is 0 Å². The standard InChI is InChI=1S/C20H32N4O/c1-17-16-18(21)9-11-24(17)20(25)8-5-10-22-12-14-23(15-13-22)19-6-3-2-4-7-19/h2-4,6-7,17-18H,5,8-16,21H2,1H3/t17-,18-/m0/s1. The van der Waals surface area contributed by atoms with E-state index in [4.69, 9.17) is 5.73 Å². The van der Waals surface area contributed by atoms with Gasteiger partial charge in [-0.3, -0.25) is 9.69 Å². The normalized spacial score (nSPS) is 25.2. The molecule has 5 nitrogen and oxygen atoms in total.